The van der Waals surface area contributed by atoms with E-state index in [4.69, 9.17) is 0 Å². The van der Waals surface area contributed by atoms with Crippen molar-refractivity contribution in [3.05, 3.63) is 78.2 Å². The summed E-state index contributed by atoms with van der Waals surface area (Å²) in [5.41, 5.74) is 4.81. The van der Waals surface area contributed by atoms with Gasteiger partial charge in [0.2, 0.25) is 0 Å². The number of benzene rings is 2. The van der Waals surface area contributed by atoms with Crippen LogP contribution in [0.4, 0.5) is 4.39 Å². The van der Waals surface area contributed by atoms with Crippen molar-refractivity contribution in [3.63, 3.8) is 0 Å². The molecule has 3 heterocycles. The smallest absolute Gasteiger partial charge is 0.131 e. The quantitative estimate of drug-likeness (QED) is 0.672. The van der Waals surface area contributed by atoms with Gasteiger partial charge in [0.1, 0.15) is 5.82 Å². The summed E-state index contributed by atoms with van der Waals surface area (Å²) < 4.78 is 14.6. The molecule has 2 nitrogen and oxygen atoms in total. The summed E-state index contributed by atoms with van der Waals surface area (Å²) >= 11 is 0. The average molecular weight is 344 g/mol. The first-order valence-electron chi connectivity index (χ1n) is 9.28. The van der Waals surface area contributed by atoms with E-state index in [9.17, 15) is 4.39 Å². The number of pyridine rings is 1. The Balaban J connectivity index is 1.44. The van der Waals surface area contributed by atoms with E-state index < -0.39 is 0 Å². The number of hydrogen-bond acceptors (Lipinski definition) is 2. The summed E-state index contributed by atoms with van der Waals surface area (Å²) in [4.78, 5) is 7.20. The molecule has 2 aliphatic heterocycles. The van der Waals surface area contributed by atoms with Crippen molar-refractivity contribution in [1.82, 2.24) is 9.88 Å². The molecule has 26 heavy (non-hydrogen) atoms. The highest BCUT2D eigenvalue weighted by atomic mass is 19.1. The Labute approximate surface area is 153 Å². The van der Waals surface area contributed by atoms with E-state index in [2.05, 4.69) is 16.0 Å². The van der Waals surface area contributed by atoms with Gasteiger partial charge in [-0.1, -0.05) is 48.5 Å². The van der Waals surface area contributed by atoms with Gasteiger partial charge in [-0.25, -0.2) is 4.39 Å². The molecular formula is C23H21FN2. The number of halogens is 1. The number of piperidine rings is 1. The molecule has 2 fully saturated rings. The van der Waals surface area contributed by atoms with Crippen LogP contribution in [0, 0.1) is 5.82 Å². The van der Waals surface area contributed by atoms with Gasteiger partial charge in [-0.05, 0) is 49.2 Å². The first kappa shape index (κ1) is 15.7. The minimum absolute atomic E-state index is 0.208. The van der Waals surface area contributed by atoms with Gasteiger partial charge in [0.25, 0.3) is 0 Å². The van der Waals surface area contributed by atoms with E-state index in [1.807, 2.05) is 54.7 Å². The van der Waals surface area contributed by atoms with E-state index in [0.29, 0.717) is 11.0 Å². The van der Waals surface area contributed by atoms with Gasteiger partial charge in [-0.15, -0.1) is 0 Å². The fourth-order valence-corrected chi connectivity index (χ4v) is 4.51. The number of fused-ring (bicyclic) bond motifs is 2. The molecule has 0 spiro atoms. The summed E-state index contributed by atoms with van der Waals surface area (Å²) in [7, 11) is 0. The molecule has 1 aromatic heterocycles. The largest absolute Gasteiger partial charge is 0.302 e. The molecule has 2 aromatic carbocycles. The van der Waals surface area contributed by atoms with Crippen LogP contribution in [-0.4, -0.2) is 29.5 Å². The van der Waals surface area contributed by atoms with E-state index in [1.165, 1.54) is 31.5 Å². The maximum Gasteiger partial charge on any atom is 0.131 e. The number of rotatable bonds is 3. The molecule has 0 aliphatic carbocycles. The van der Waals surface area contributed by atoms with Gasteiger partial charge in [-0.3, -0.25) is 4.98 Å². The van der Waals surface area contributed by atoms with E-state index in [0.717, 1.165) is 23.4 Å². The number of aromatic nitrogens is 1. The Morgan fingerprint density at radius 1 is 0.885 bits per heavy atom. The van der Waals surface area contributed by atoms with E-state index in [1.54, 1.807) is 6.07 Å². The van der Waals surface area contributed by atoms with Gasteiger partial charge in [0, 0.05) is 29.3 Å². The van der Waals surface area contributed by atoms with Crippen LogP contribution in [0.2, 0.25) is 0 Å². The highest BCUT2D eigenvalue weighted by Gasteiger charge is 2.44. The lowest BCUT2D eigenvalue weighted by Gasteiger charge is -2.25. The lowest BCUT2D eigenvalue weighted by Crippen LogP contribution is -2.24. The molecule has 3 heteroatoms. The van der Waals surface area contributed by atoms with Crippen LogP contribution in [0.3, 0.4) is 0 Å². The molecular weight excluding hydrogens is 323 g/mol. The van der Waals surface area contributed by atoms with E-state index >= 15 is 0 Å². The van der Waals surface area contributed by atoms with Crippen LogP contribution in [0.15, 0.2) is 66.9 Å². The van der Waals surface area contributed by atoms with Crippen molar-refractivity contribution in [2.45, 2.75) is 18.3 Å². The summed E-state index contributed by atoms with van der Waals surface area (Å²) in [5.74, 6) is -0.208. The lowest BCUT2D eigenvalue weighted by molar-refractivity contribution is 0.364. The lowest BCUT2D eigenvalue weighted by atomic mass is 9.78. The van der Waals surface area contributed by atoms with Crippen molar-refractivity contribution in [3.8, 4) is 22.4 Å². The average Bonchev–Trinajstić information content (AvgIpc) is 3.31. The molecule has 130 valence electrons. The maximum absolute atomic E-state index is 14.6. The first-order chi connectivity index (χ1) is 12.7. The topological polar surface area (TPSA) is 16.1 Å². The van der Waals surface area contributed by atoms with Crippen LogP contribution in [0.1, 0.15) is 18.4 Å². The third-order valence-electron chi connectivity index (χ3n) is 6.06. The first-order valence-corrected chi connectivity index (χ1v) is 9.28. The van der Waals surface area contributed by atoms with Gasteiger partial charge in [0.15, 0.2) is 0 Å². The zero-order valence-corrected chi connectivity index (χ0v) is 14.7. The minimum Gasteiger partial charge on any atom is -0.302 e. The predicted molar refractivity (Wildman–Crippen MR) is 102 cm³/mol. The maximum atomic E-state index is 14.6. The molecule has 0 N–H and O–H groups in total. The zero-order chi connectivity index (χ0) is 17.6. The van der Waals surface area contributed by atoms with Crippen molar-refractivity contribution < 1.29 is 4.39 Å². The van der Waals surface area contributed by atoms with Gasteiger partial charge >= 0.3 is 0 Å². The van der Waals surface area contributed by atoms with E-state index in [-0.39, 0.29) is 5.82 Å². The second kappa shape index (κ2) is 6.03. The normalized spacial score (nSPS) is 24.1. The second-order valence-corrected chi connectivity index (χ2v) is 7.55. The Kier molecular flexibility index (Phi) is 3.64. The number of hydrogen-bond donors (Lipinski definition) is 0. The SMILES string of the molecule is Fc1cc(-c2ccc(C34CCN(CC3)C4)cn2)ccc1-c1ccccc1. The molecule has 0 saturated carbocycles. The molecule has 2 aliphatic rings. The highest BCUT2D eigenvalue weighted by molar-refractivity contribution is 5.69. The van der Waals surface area contributed by atoms with Crippen molar-refractivity contribution in [2.75, 3.05) is 19.6 Å². The summed E-state index contributed by atoms with van der Waals surface area (Å²) in [6.07, 6.45) is 4.47. The molecule has 0 amide bonds. The summed E-state index contributed by atoms with van der Waals surface area (Å²) in [5, 5.41) is 0. The fourth-order valence-electron chi connectivity index (χ4n) is 4.51. The highest BCUT2D eigenvalue weighted by Crippen LogP contribution is 2.43. The van der Waals surface area contributed by atoms with Crippen LogP contribution in [-0.2, 0) is 5.41 Å². The van der Waals surface area contributed by atoms with Crippen molar-refractivity contribution >= 4 is 0 Å². The van der Waals surface area contributed by atoms with Gasteiger partial charge in [-0.2, -0.15) is 0 Å². The Morgan fingerprint density at radius 2 is 1.69 bits per heavy atom. The van der Waals surface area contributed by atoms with Crippen LogP contribution in [0.5, 0.6) is 0 Å². The monoisotopic (exact) mass is 344 g/mol. The number of nitrogens with zero attached hydrogens (tertiary/aromatic N) is 2. The van der Waals surface area contributed by atoms with Crippen molar-refractivity contribution in [1.29, 1.82) is 0 Å². The van der Waals surface area contributed by atoms with Crippen molar-refractivity contribution in [2.24, 2.45) is 0 Å². The molecule has 3 aromatic rings. The molecule has 2 saturated heterocycles. The van der Waals surface area contributed by atoms with Crippen LogP contribution in [0.25, 0.3) is 22.4 Å². The standard InChI is InChI=1S/C23H21FN2/c24-21-14-18(6-8-20(21)17-4-2-1-3-5-17)22-9-7-19(15-25-22)23-10-12-26(16-23)13-11-23/h1-9,14-15H,10-13,16H2. The second-order valence-electron chi connectivity index (χ2n) is 7.55. The molecule has 5 rings (SSSR count). The molecule has 2 bridgehead atoms. The Hall–Kier alpha value is -2.52. The predicted octanol–water partition coefficient (Wildman–Crippen LogP) is 4.90. The Bertz CT molecular complexity index is 926. The third-order valence-corrected chi connectivity index (χ3v) is 6.06. The fraction of sp³-hybridized carbons (Fsp3) is 0.261. The molecule has 0 unspecified atom stereocenters. The Morgan fingerprint density at radius 3 is 2.31 bits per heavy atom. The summed E-state index contributed by atoms with van der Waals surface area (Å²) in [6, 6.07) is 19.3. The zero-order valence-electron chi connectivity index (χ0n) is 14.7. The van der Waals surface area contributed by atoms with Crippen LogP contribution >= 0.6 is 0 Å². The minimum atomic E-state index is -0.208. The third kappa shape index (κ3) is 2.55. The van der Waals surface area contributed by atoms with Crippen LogP contribution < -0.4 is 0 Å². The van der Waals surface area contributed by atoms with Gasteiger partial charge in [0.05, 0.1) is 5.69 Å². The molecule has 0 atom stereocenters. The summed E-state index contributed by atoms with van der Waals surface area (Å²) in [6.45, 7) is 3.57. The molecule has 0 radical (unpaired) electrons. The van der Waals surface area contributed by atoms with Gasteiger partial charge < -0.3 is 4.90 Å².